The number of nitrogens with zero attached hydrogens (tertiary/aromatic N) is 1. The lowest BCUT2D eigenvalue weighted by Gasteiger charge is -2.40. The maximum absolute atomic E-state index is 6.71. The van der Waals surface area contributed by atoms with Crippen LogP contribution >= 0.6 is 11.3 Å². The molecule has 5 nitrogen and oxygen atoms in total. The highest BCUT2D eigenvalue weighted by molar-refractivity contribution is 7.26. The predicted molar refractivity (Wildman–Crippen MR) is 237 cm³/mol. The quantitative estimate of drug-likeness (QED) is 0.164. The van der Waals surface area contributed by atoms with Gasteiger partial charge in [0.1, 0.15) is 11.2 Å². The molecule has 0 spiro atoms. The molecule has 272 valence electrons. The molecule has 1 fully saturated rings. The number of para-hydroxylation sites is 2. The second-order valence-electron chi connectivity index (χ2n) is 15.0. The molecule has 2 unspecified atom stereocenters. The first-order valence-corrected chi connectivity index (χ1v) is 20.3. The summed E-state index contributed by atoms with van der Waals surface area (Å²) in [5.74, 6) is 0. The largest absolute Gasteiger partial charge is 0.456 e. The van der Waals surface area contributed by atoms with Crippen LogP contribution in [0.3, 0.4) is 0 Å². The van der Waals surface area contributed by atoms with E-state index in [9.17, 15) is 0 Å². The lowest BCUT2D eigenvalue weighted by atomic mass is 9.98. The van der Waals surface area contributed by atoms with Crippen LogP contribution in [0.25, 0.3) is 80.7 Å². The molecule has 1 aliphatic rings. The van der Waals surface area contributed by atoms with E-state index in [4.69, 9.17) is 4.42 Å². The first-order valence-electron chi connectivity index (χ1n) is 19.5. The van der Waals surface area contributed by atoms with Crippen molar-refractivity contribution in [2.45, 2.75) is 18.5 Å². The topological polar surface area (TPSA) is 54.2 Å². The molecular formula is C51H36N4OS. The second kappa shape index (κ2) is 13.0. The molecule has 0 bridgehead atoms. The third-order valence-electron chi connectivity index (χ3n) is 11.7. The maximum atomic E-state index is 6.71. The van der Waals surface area contributed by atoms with Crippen molar-refractivity contribution >= 4 is 75.3 Å². The van der Waals surface area contributed by atoms with Crippen LogP contribution in [0.2, 0.25) is 0 Å². The molecule has 1 saturated heterocycles. The lowest BCUT2D eigenvalue weighted by Crippen LogP contribution is -2.54. The molecule has 0 saturated carbocycles. The van der Waals surface area contributed by atoms with Crippen molar-refractivity contribution in [2.75, 3.05) is 0 Å². The highest BCUT2D eigenvalue weighted by atomic mass is 32.1. The van der Waals surface area contributed by atoms with Crippen LogP contribution in [-0.2, 0) is 0 Å². The molecular weight excluding hydrogens is 717 g/mol. The van der Waals surface area contributed by atoms with E-state index in [1.54, 1.807) is 0 Å². The van der Waals surface area contributed by atoms with Gasteiger partial charge in [-0.3, -0.25) is 16.0 Å². The van der Waals surface area contributed by atoms with Crippen molar-refractivity contribution < 1.29 is 4.42 Å². The summed E-state index contributed by atoms with van der Waals surface area (Å²) in [6, 6.07) is 65.3. The number of furan rings is 1. The first kappa shape index (κ1) is 32.7. The van der Waals surface area contributed by atoms with Gasteiger partial charge in [0.05, 0.1) is 40.6 Å². The van der Waals surface area contributed by atoms with Gasteiger partial charge >= 0.3 is 0 Å². The van der Waals surface area contributed by atoms with Crippen molar-refractivity contribution in [3.63, 3.8) is 0 Å². The number of nitrogens with one attached hydrogen (secondary N) is 3. The zero-order valence-electron chi connectivity index (χ0n) is 30.8. The lowest BCUT2D eigenvalue weighted by molar-refractivity contribution is 0.204. The van der Waals surface area contributed by atoms with Crippen molar-refractivity contribution in [3.8, 4) is 16.8 Å². The number of fused-ring (bicyclic) bond motifs is 9. The summed E-state index contributed by atoms with van der Waals surface area (Å²) >= 11 is 1.86. The van der Waals surface area contributed by atoms with Gasteiger partial charge in [-0.2, -0.15) is 0 Å². The summed E-state index contributed by atoms with van der Waals surface area (Å²) in [5, 5.41) is 18.9. The Balaban J connectivity index is 0.983. The Bertz CT molecular complexity index is 3210. The summed E-state index contributed by atoms with van der Waals surface area (Å²) in [5.41, 5.74) is 11.3. The molecule has 8 aromatic carbocycles. The maximum Gasteiger partial charge on any atom is 0.137 e. The first-order chi connectivity index (χ1) is 28.3. The highest BCUT2D eigenvalue weighted by Crippen LogP contribution is 2.45. The predicted octanol–water partition coefficient (Wildman–Crippen LogP) is 12.9. The normalized spacial score (nSPS) is 17.4. The average molecular weight is 753 g/mol. The van der Waals surface area contributed by atoms with E-state index in [0.717, 1.165) is 33.2 Å². The van der Waals surface area contributed by atoms with Gasteiger partial charge in [0.2, 0.25) is 0 Å². The van der Waals surface area contributed by atoms with Gasteiger partial charge < -0.3 is 8.98 Å². The molecule has 3 N–H and O–H groups in total. The molecule has 1 aliphatic heterocycles. The zero-order chi connectivity index (χ0) is 37.5. The number of benzene rings is 8. The fourth-order valence-corrected chi connectivity index (χ4v) is 10.5. The third-order valence-corrected chi connectivity index (χ3v) is 12.9. The number of hydrogen-bond donors (Lipinski definition) is 3. The SMILES string of the molecule is c1ccc(C2NC(c3ccccc3)NC(c3cccc4sc5c(-c6ccc7c(c6)oc6cccc(-n8c9ccccc9c9ccccc98)c67)cccc5c34)N2)cc1. The number of hydrogen-bond acceptors (Lipinski definition) is 5. The molecule has 3 aromatic heterocycles. The van der Waals surface area contributed by atoms with Gasteiger partial charge in [0.15, 0.2) is 0 Å². The smallest absolute Gasteiger partial charge is 0.137 e. The molecule has 2 atom stereocenters. The molecule has 0 aliphatic carbocycles. The fourth-order valence-electron chi connectivity index (χ4n) is 9.19. The van der Waals surface area contributed by atoms with Crippen LogP contribution in [0.5, 0.6) is 0 Å². The highest BCUT2D eigenvalue weighted by Gasteiger charge is 2.31. The summed E-state index contributed by atoms with van der Waals surface area (Å²) in [6.07, 6.45) is -0.170. The Kier molecular flexibility index (Phi) is 7.46. The Morgan fingerprint density at radius 2 is 1.07 bits per heavy atom. The minimum Gasteiger partial charge on any atom is -0.456 e. The van der Waals surface area contributed by atoms with Crippen LogP contribution in [-0.4, -0.2) is 4.57 Å². The number of aromatic nitrogens is 1. The van der Waals surface area contributed by atoms with Gasteiger partial charge in [0, 0.05) is 36.3 Å². The van der Waals surface area contributed by atoms with Crippen molar-refractivity contribution in [3.05, 3.63) is 199 Å². The zero-order valence-corrected chi connectivity index (χ0v) is 31.6. The molecule has 0 amide bonds. The van der Waals surface area contributed by atoms with Gasteiger partial charge in [-0.15, -0.1) is 11.3 Å². The van der Waals surface area contributed by atoms with Gasteiger partial charge in [-0.1, -0.05) is 140 Å². The minimum atomic E-state index is -0.0950. The molecule has 0 radical (unpaired) electrons. The van der Waals surface area contributed by atoms with Gasteiger partial charge in [0.25, 0.3) is 0 Å². The Morgan fingerprint density at radius 3 is 1.79 bits per heavy atom. The average Bonchev–Trinajstić information content (AvgIpc) is 3.96. The van der Waals surface area contributed by atoms with Crippen molar-refractivity contribution in [1.82, 2.24) is 20.5 Å². The Morgan fingerprint density at radius 1 is 0.456 bits per heavy atom. The van der Waals surface area contributed by atoms with Gasteiger partial charge in [-0.25, -0.2) is 0 Å². The molecule has 6 heteroatoms. The summed E-state index contributed by atoms with van der Waals surface area (Å²) in [7, 11) is 0. The second-order valence-corrected chi connectivity index (χ2v) is 16.0. The third kappa shape index (κ3) is 5.19. The van der Waals surface area contributed by atoms with Crippen LogP contribution < -0.4 is 16.0 Å². The standard InChI is InChI=1S/C51H36N4OS/c1-3-14-31(15-4-1)49-52-50(32-16-5-2-6-17-32)54-51(53-49)39-22-12-27-45-46(39)38-21-11-20-34(48(38)57-45)33-28-29-37-44(30-33)56-43-26-13-25-42(47(37)43)55-40-23-9-7-18-35(40)36-19-8-10-24-41(36)55/h1-30,49-54H. The Hall–Kier alpha value is -6.54. The summed E-state index contributed by atoms with van der Waals surface area (Å²) in [6.45, 7) is 0. The monoisotopic (exact) mass is 752 g/mol. The molecule has 11 aromatic rings. The summed E-state index contributed by atoms with van der Waals surface area (Å²) in [4.78, 5) is 0. The number of thiophene rings is 1. The fraction of sp³-hybridized carbons (Fsp3) is 0.0588. The van der Waals surface area contributed by atoms with E-state index in [1.807, 2.05) is 11.3 Å². The van der Waals surface area contributed by atoms with E-state index in [-0.39, 0.29) is 18.5 Å². The van der Waals surface area contributed by atoms with E-state index in [1.165, 1.54) is 64.2 Å². The van der Waals surface area contributed by atoms with Crippen LogP contribution in [0.1, 0.15) is 35.2 Å². The van der Waals surface area contributed by atoms with Crippen LogP contribution in [0.4, 0.5) is 0 Å². The van der Waals surface area contributed by atoms with E-state index in [2.05, 4.69) is 203 Å². The van der Waals surface area contributed by atoms with Gasteiger partial charge in [-0.05, 0) is 70.3 Å². The van der Waals surface area contributed by atoms with Crippen LogP contribution in [0.15, 0.2) is 186 Å². The van der Waals surface area contributed by atoms with E-state index >= 15 is 0 Å². The molecule has 4 heterocycles. The molecule has 12 rings (SSSR count). The number of rotatable bonds is 5. The Labute approximate surface area is 332 Å². The van der Waals surface area contributed by atoms with E-state index < -0.39 is 0 Å². The minimum absolute atomic E-state index is 0.0376. The van der Waals surface area contributed by atoms with E-state index in [0.29, 0.717) is 0 Å². The summed E-state index contributed by atoms with van der Waals surface area (Å²) < 4.78 is 11.6. The van der Waals surface area contributed by atoms with Crippen LogP contribution in [0, 0.1) is 0 Å². The van der Waals surface area contributed by atoms with Crippen molar-refractivity contribution in [1.29, 1.82) is 0 Å². The van der Waals surface area contributed by atoms with Crippen molar-refractivity contribution in [2.24, 2.45) is 0 Å². The molecule has 57 heavy (non-hydrogen) atoms.